The summed E-state index contributed by atoms with van der Waals surface area (Å²) in [5.74, 6) is -0.109. The smallest absolute Gasteiger partial charge is 0.284 e. The molecule has 5 nitrogen and oxygen atoms in total. The maximum absolute atomic E-state index is 12.2. The minimum Gasteiger partial charge on any atom is -0.290 e. The van der Waals surface area contributed by atoms with Crippen LogP contribution in [0.4, 0.5) is 0 Å². The summed E-state index contributed by atoms with van der Waals surface area (Å²) < 4.78 is 29.0. The third-order valence-corrected chi connectivity index (χ3v) is 5.76. The van der Waals surface area contributed by atoms with Crippen LogP contribution < -0.4 is 0 Å². The van der Waals surface area contributed by atoms with Crippen LogP contribution in [0.5, 0.6) is 0 Å². The molecule has 0 bridgehead atoms. The van der Waals surface area contributed by atoms with Gasteiger partial charge in [-0.25, -0.2) is 0 Å². The van der Waals surface area contributed by atoms with Gasteiger partial charge in [0, 0.05) is 11.0 Å². The molecule has 1 heterocycles. The molecule has 0 unspecified atom stereocenters. The summed E-state index contributed by atoms with van der Waals surface area (Å²) in [6, 6.07) is 6.23. The lowest BCUT2D eigenvalue weighted by Crippen LogP contribution is -2.31. The standard InChI is InChI=1S/C12H13BrN2O3S2/c1-3-15-11(16)8(2)19-12(15)14-20(17,18)10-6-4-9(13)5-7-10/h4-8H,3H2,1-2H3/t8-/m1/s1. The van der Waals surface area contributed by atoms with Crippen LogP contribution in [-0.4, -0.2) is 36.2 Å². The van der Waals surface area contributed by atoms with Crippen LogP contribution >= 0.6 is 27.7 Å². The summed E-state index contributed by atoms with van der Waals surface area (Å²) in [5.41, 5.74) is 0. The zero-order valence-electron chi connectivity index (χ0n) is 10.9. The van der Waals surface area contributed by atoms with Gasteiger partial charge in [0.2, 0.25) is 5.91 Å². The van der Waals surface area contributed by atoms with E-state index in [0.29, 0.717) is 6.54 Å². The van der Waals surface area contributed by atoms with Gasteiger partial charge in [0.25, 0.3) is 10.0 Å². The molecule has 20 heavy (non-hydrogen) atoms. The second kappa shape index (κ2) is 5.87. The molecule has 0 saturated carbocycles. The molecular weight excluding hydrogens is 364 g/mol. The number of amidine groups is 1. The van der Waals surface area contributed by atoms with Crippen LogP contribution in [0.15, 0.2) is 38.0 Å². The Morgan fingerprint density at radius 3 is 2.50 bits per heavy atom. The van der Waals surface area contributed by atoms with Gasteiger partial charge in [-0.3, -0.25) is 9.69 Å². The number of carbonyl (C=O) groups is 1. The number of thioether (sulfide) groups is 1. The summed E-state index contributed by atoms with van der Waals surface area (Å²) >= 11 is 4.42. The Morgan fingerprint density at radius 1 is 1.35 bits per heavy atom. The van der Waals surface area contributed by atoms with Crippen molar-refractivity contribution in [1.29, 1.82) is 0 Å². The van der Waals surface area contributed by atoms with Crippen LogP contribution in [0.3, 0.4) is 0 Å². The number of hydrogen-bond acceptors (Lipinski definition) is 4. The first-order chi connectivity index (χ1) is 9.35. The average molecular weight is 377 g/mol. The Morgan fingerprint density at radius 2 is 1.95 bits per heavy atom. The molecule has 1 fully saturated rings. The fraction of sp³-hybridized carbons (Fsp3) is 0.333. The molecule has 2 rings (SSSR count). The Labute approximate surface area is 130 Å². The van der Waals surface area contributed by atoms with Gasteiger partial charge in [0.1, 0.15) is 0 Å². The highest BCUT2D eigenvalue weighted by Gasteiger charge is 2.35. The average Bonchev–Trinajstić information content (AvgIpc) is 2.64. The molecule has 1 amide bonds. The topological polar surface area (TPSA) is 66.8 Å². The lowest BCUT2D eigenvalue weighted by atomic mass is 10.4. The fourth-order valence-electron chi connectivity index (χ4n) is 1.71. The molecule has 1 aliphatic heterocycles. The van der Waals surface area contributed by atoms with E-state index < -0.39 is 10.0 Å². The van der Waals surface area contributed by atoms with Crippen molar-refractivity contribution in [2.45, 2.75) is 24.0 Å². The largest absolute Gasteiger partial charge is 0.290 e. The number of hydrogen-bond donors (Lipinski definition) is 0. The molecule has 108 valence electrons. The van der Waals surface area contributed by atoms with E-state index in [1.54, 1.807) is 26.0 Å². The van der Waals surface area contributed by atoms with E-state index in [0.717, 1.165) is 4.47 Å². The Hall–Kier alpha value is -0.860. The molecule has 8 heteroatoms. The zero-order chi connectivity index (χ0) is 14.9. The maximum Gasteiger partial charge on any atom is 0.284 e. The third kappa shape index (κ3) is 3.07. The van der Waals surface area contributed by atoms with Crippen molar-refractivity contribution < 1.29 is 13.2 Å². The van der Waals surface area contributed by atoms with Gasteiger partial charge < -0.3 is 0 Å². The van der Waals surface area contributed by atoms with Gasteiger partial charge in [-0.05, 0) is 38.1 Å². The number of rotatable bonds is 3. The quantitative estimate of drug-likeness (QED) is 0.812. The maximum atomic E-state index is 12.2. The van der Waals surface area contributed by atoms with Crippen molar-refractivity contribution in [3.63, 3.8) is 0 Å². The number of benzene rings is 1. The predicted molar refractivity (Wildman–Crippen MR) is 83.2 cm³/mol. The van der Waals surface area contributed by atoms with Crippen molar-refractivity contribution in [3.05, 3.63) is 28.7 Å². The number of sulfonamides is 1. The molecule has 0 radical (unpaired) electrons. The summed E-state index contributed by atoms with van der Waals surface area (Å²) in [5, 5.41) is -0.0539. The number of halogens is 1. The lowest BCUT2D eigenvalue weighted by Gasteiger charge is -2.12. The van der Waals surface area contributed by atoms with Gasteiger partial charge in [0.05, 0.1) is 10.1 Å². The minimum atomic E-state index is -3.80. The second-order valence-electron chi connectivity index (χ2n) is 4.15. The molecule has 1 aromatic rings. The number of amides is 1. The summed E-state index contributed by atoms with van der Waals surface area (Å²) in [7, 11) is -3.80. The molecule has 0 spiro atoms. The Balaban J connectivity index is 2.38. The van der Waals surface area contributed by atoms with Gasteiger partial charge in [0.15, 0.2) is 5.17 Å². The third-order valence-electron chi connectivity index (χ3n) is 2.75. The molecular formula is C12H13BrN2O3S2. The van der Waals surface area contributed by atoms with Gasteiger partial charge in [-0.15, -0.1) is 4.40 Å². The molecule has 1 aliphatic rings. The van der Waals surface area contributed by atoms with Gasteiger partial charge >= 0.3 is 0 Å². The van der Waals surface area contributed by atoms with Gasteiger partial charge in [-0.2, -0.15) is 8.42 Å². The van der Waals surface area contributed by atoms with Crippen molar-refractivity contribution in [2.75, 3.05) is 6.54 Å². The van der Waals surface area contributed by atoms with Crippen molar-refractivity contribution in [1.82, 2.24) is 4.90 Å². The van der Waals surface area contributed by atoms with Crippen LogP contribution in [0.1, 0.15) is 13.8 Å². The normalized spacial score (nSPS) is 21.8. The fourth-order valence-corrected chi connectivity index (χ4v) is 4.22. The van der Waals surface area contributed by atoms with E-state index in [1.807, 2.05) is 0 Å². The first-order valence-electron chi connectivity index (χ1n) is 5.93. The highest BCUT2D eigenvalue weighted by molar-refractivity contribution is 9.10. The SMILES string of the molecule is CCN1C(=O)[C@@H](C)SC1=NS(=O)(=O)c1ccc(Br)cc1. The second-order valence-corrected chi connectivity index (χ2v) is 7.97. The molecule has 1 saturated heterocycles. The van der Waals surface area contributed by atoms with Crippen LogP contribution in [0.25, 0.3) is 0 Å². The van der Waals surface area contributed by atoms with Gasteiger partial charge in [-0.1, -0.05) is 27.7 Å². The monoisotopic (exact) mass is 376 g/mol. The van der Waals surface area contributed by atoms with Crippen molar-refractivity contribution in [2.24, 2.45) is 4.40 Å². The van der Waals surface area contributed by atoms with E-state index >= 15 is 0 Å². The lowest BCUT2D eigenvalue weighted by molar-refractivity contribution is -0.125. The summed E-state index contributed by atoms with van der Waals surface area (Å²) in [6.07, 6.45) is 0. The Bertz CT molecular complexity index is 656. The van der Waals surface area contributed by atoms with Crippen molar-refractivity contribution in [3.8, 4) is 0 Å². The van der Waals surface area contributed by atoms with Crippen molar-refractivity contribution >= 4 is 48.8 Å². The summed E-state index contributed by atoms with van der Waals surface area (Å²) in [4.78, 5) is 13.3. The first kappa shape index (κ1) is 15.5. The van der Waals surface area contributed by atoms with Crippen LogP contribution in [0.2, 0.25) is 0 Å². The van der Waals surface area contributed by atoms with E-state index in [2.05, 4.69) is 20.3 Å². The van der Waals surface area contributed by atoms with E-state index in [4.69, 9.17) is 0 Å². The van der Waals surface area contributed by atoms with E-state index in [-0.39, 0.29) is 21.2 Å². The number of carbonyl (C=O) groups excluding carboxylic acids is 1. The van der Waals surface area contributed by atoms with E-state index in [9.17, 15) is 13.2 Å². The number of nitrogens with zero attached hydrogens (tertiary/aromatic N) is 2. The van der Waals surface area contributed by atoms with E-state index in [1.165, 1.54) is 28.8 Å². The molecule has 0 aromatic heterocycles. The molecule has 1 atom stereocenters. The predicted octanol–water partition coefficient (Wildman–Crippen LogP) is 2.48. The highest BCUT2D eigenvalue weighted by atomic mass is 79.9. The first-order valence-corrected chi connectivity index (χ1v) is 9.05. The molecule has 0 N–H and O–H groups in total. The highest BCUT2D eigenvalue weighted by Crippen LogP contribution is 2.28. The zero-order valence-corrected chi connectivity index (χ0v) is 14.1. The molecule has 0 aliphatic carbocycles. The minimum absolute atomic E-state index is 0.108. The molecule has 1 aromatic carbocycles. The van der Waals surface area contributed by atoms with Crippen LogP contribution in [0, 0.1) is 0 Å². The Kier molecular flexibility index (Phi) is 4.55. The summed E-state index contributed by atoms with van der Waals surface area (Å²) in [6.45, 7) is 3.94. The van der Waals surface area contributed by atoms with Crippen LogP contribution in [-0.2, 0) is 14.8 Å².